The Morgan fingerprint density at radius 1 is 0.905 bits per heavy atom. The maximum atomic E-state index is 11.3. The van der Waals surface area contributed by atoms with Gasteiger partial charge in [-0.15, -0.1) is 0 Å². The lowest BCUT2D eigenvalue weighted by molar-refractivity contribution is 0.911. The third-order valence-electron chi connectivity index (χ3n) is 4.25. The van der Waals surface area contributed by atoms with E-state index in [1.165, 1.54) is 36.0 Å². The first-order valence-corrected chi connectivity index (χ1v) is 8.10. The highest BCUT2D eigenvalue weighted by atomic mass is 79.9. The SMILES string of the molecule is O=c1[nH]c2ccc(C(Br)c3ccc4c(c3)CCC4)cc2[nH]1. The molecule has 2 N–H and O–H groups in total. The first-order valence-electron chi connectivity index (χ1n) is 7.18. The van der Waals surface area contributed by atoms with E-state index in [1.807, 2.05) is 12.1 Å². The molecular formula is C17H15BrN2O. The molecule has 0 saturated heterocycles. The van der Waals surface area contributed by atoms with E-state index >= 15 is 0 Å². The van der Waals surface area contributed by atoms with Gasteiger partial charge in [0.25, 0.3) is 0 Å². The van der Waals surface area contributed by atoms with Crippen molar-refractivity contribution < 1.29 is 0 Å². The average molecular weight is 343 g/mol. The minimum Gasteiger partial charge on any atom is -0.306 e. The number of nitrogens with one attached hydrogen (secondary N) is 2. The van der Waals surface area contributed by atoms with Crippen molar-refractivity contribution in [3.63, 3.8) is 0 Å². The summed E-state index contributed by atoms with van der Waals surface area (Å²) in [5.41, 5.74) is 6.92. The molecule has 21 heavy (non-hydrogen) atoms. The highest BCUT2D eigenvalue weighted by molar-refractivity contribution is 9.09. The highest BCUT2D eigenvalue weighted by Gasteiger charge is 2.16. The molecule has 0 amide bonds. The van der Waals surface area contributed by atoms with E-state index in [0.29, 0.717) is 0 Å². The lowest BCUT2D eigenvalue weighted by Gasteiger charge is -2.12. The van der Waals surface area contributed by atoms with Crippen LogP contribution in [0.1, 0.15) is 33.5 Å². The largest absolute Gasteiger partial charge is 0.323 e. The number of fused-ring (bicyclic) bond motifs is 2. The van der Waals surface area contributed by atoms with Gasteiger partial charge in [-0.3, -0.25) is 0 Å². The zero-order valence-corrected chi connectivity index (χ0v) is 13.0. The Kier molecular flexibility index (Phi) is 3.00. The Bertz CT molecular complexity index is 878. The summed E-state index contributed by atoms with van der Waals surface area (Å²) in [6, 6.07) is 12.8. The molecule has 1 aliphatic carbocycles. The van der Waals surface area contributed by atoms with Gasteiger partial charge in [-0.2, -0.15) is 0 Å². The second-order valence-corrected chi connectivity index (χ2v) is 6.54. The summed E-state index contributed by atoms with van der Waals surface area (Å²) >= 11 is 3.79. The quantitative estimate of drug-likeness (QED) is 0.683. The first kappa shape index (κ1) is 12.9. The Balaban J connectivity index is 1.75. The molecule has 0 spiro atoms. The molecule has 1 unspecified atom stereocenters. The minimum atomic E-state index is -0.161. The predicted molar refractivity (Wildman–Crippen MR) is 88.2 cm³/mol. The fourth-order valence-corrected chi connectivity index (χ4v) is 3.72. The van der Waals surface area contributed by atoms with Crippen molar-refractivity contribution >= 4 is 27.0 Å². The molecule has 3 nitrogen and oxygen atoms in total. The number of benzene rings is 2. The molecule has 4 heteroatoms. The van der Waals surface area contributed by atoms with Crippen molar-refractivity contribution in [2.24, 2.45) is 0 Å². The van der Waals surface area contributed by atoms with Gasteiger partial charge in [0.2, 0.25) is 0 Å². The molecule has 1 heterocycles. The lowest BCUT2D eigenvalue weighted by atomic mass is 10.00. The summed E-state index contributed by atoms with van der Waals surface area (Å²) in [6.45, 7) is 0. The second kappa shape index (κ2) is 4.88. The third kappa shape index (κ3) is 2.23. The molecule has 4 rings (SSSR count). The van der Waals surface area contributed by atoms with E-state index in [9.17, 15) is 4.79 Å². The van der Waals surface area contributed by atoms with Crippen molar-refractivity contribution in [3.05, 3.63) is 69.1 Å². The van der Waals surface area contributed by atoms with E-state index in [0.717, 1.165) is 16.6 Å². The summed E-state index contributed by atoms with van der Waals surface area (Å²) < 4.78 is 0. The zero-order valence-electron chi connectivity index (χ0n) is 11.4. The molecule has 1 aromatic heterocycles. The van der Waals surface area contributed by atoms with Gasteiger partial charge in [0.05, 0.1) is 15.9 Å². The summed E-state index contributed by atoms with van der Waals surface area (Å²) in [7, 11) is 0. The van der Waals surface area contributed by atoms with Gasteiger partial charge < -0.3 is 9.97 Å². The van der Waals surface area contributed by atoms with E-state index < -0.39 is 0 Å². The Morgan fingerprint density at radius 2 is 1.62 bits per heavy atom. The van der Waals surface area contributed by atoms with Crippen LogP contribution < -0.4 is 5.69 Å². The van der Waals surface area contributed by atoms with Crippen LogP contribution >= 0.6 is 15.9 Å². The van der Waals surface area contributed by atoms with Gasteiger partial charge in [0.15, 0.2) is 0 Å². The fraction of sp³-hybridized carbons (Fsp3) is 0.235. The van der Waals surface area contributed by atoms with Crippen LogP contribution in [-0.4, -0.2) is 9.97 Å². The van der Waals surface area contributed by atoms with Crippen LogP contribution in [0.4, 0.5) is 0 Å². The van der Waals surface area contributed by atoms with Gasteiger partial charge in [0, 0.05) is 0 Å². The van der Waals surface area contributed by atoms with E-state index in [1.54, 1.807) is 0 Å². The zero-order chi connectivity index (χ0) is 14.4. The van der Waals surface area contributed by atoms with Crippen LogP contribution in [-0.2, 0) is 12.8 Å². The lowest BCUT2D eigenvalue weighted by Crippen LogP contribution is -1.99. The van der Waals surface area contributed by atoms with Gasteiger partial charge in [-0.05, 0) is 53.6 Å². The number of aromatic nitrogens is 2. The number of hydrogen-bond acceptors (Lipinski definition) is 1. The Morgan fingerprint density at radius 3 is 2.52 bits per heavy atom. The van der Waals surface area contributed by atoms with Crippen molar-refractivity contribution in [1.29, 1.82) is 0 Å². The maximum Gasteiger partial charge on any atom is 0.323 e. The molecular weight excluding hydrogens is 328 g/mol. The molecule has 0 aliphatic heterocycles. The van der Waals surface area contributed by atoms with Gasteiger partial charge in [-0.1, -0.05) is 40.2 Å². The molecule has 2 aromatic carbocycles. The molecule has 3 aromatic rings. The monoisotopic (exact) mass is 342 g/mol. The number of rotatable bonds is 2. The van der Waals surface area contributed by atoms with Crippen molar-refractivity contribution in [3.8, 4) is 0 Å². The van der Waals surface area contributed by atoms with Crippen molar-refractivity contribution in [2.75, 3.05) is 0 Å². The molecule has 1 atom stereocenters. The summed E-state index contributed by atoms with van der Waals surface area (Å²) in [5, 5.41) is 0. The number of imidazole rings is 1. The smallest absolute Gasteiger partial charge is 0.306 e. The van der Waals surface area contributed by atoms with Crippen molar-refractivity contribution in [2.45, 2.75) is 24.1 Å². The molecule has 0 saturated carbocycles. The topological polar surface area (TPSA) is 48.6 Å². The Hall–Kier alpha value is -1.81. The van der Waals surface area contributed by atoms with Crippen LogP contribution in [0.2, 0.25) is 0 Å². The molecule has 0 fully saturated rings. The van der Waals surface area contributed by atoms with Crippen LogP contribution in [0, 0.1) is 0 Å². The van der Waals surface area contributed by atoms with E-state index in [-0.39, 0.29) is 10.5 Å². The number of H-pyrrole nitrogens is 2. The van der Waals surface area contributed by atoms with Crippen LogP contribution in [0.25, 0.3) is 11.0 Å². The summed E-state index contributed by atoms with van der Waals surface area (Å²) in [5.74, 6) is 0. The van der Waals surface area contributed by atoms with Crippen molar-refractivity contribution in [1.82, 2.24) is 9.97 Å². The molecule has 0 bridgehead atoms. The Labute approximate surface area is 130 Å². The third-order valence-corrected chi connectivity index (χ3v) is 5.31. The van der Waals surface area contributed by atoms with Crippen LogP contribution in [0.15, 0.2) is 41.2 Å². The number of hydrogen-bond donors (Lipinski definition) is 2. The highest BCUT2D eigenvalue weighted by Crippen LogP contribution is 2.34. The van der Waals surface area contributed by atoms with Crippen LogP contribution in [0.5, 0.6) is 0 Å². The number of aromatic amines is 2. The normalized spacial score (nSPS) is 15.3. The maximum absolute atomic E-state index is 11.3. The fourth-order valence-electron chi connectivity index (χ4n) is 3.15. The molecule has 1 aliphatic rings. The average Bonchev–Trinajstić information content (AvgIpc) is 3.09. The predicted octanol–water partition coefficient (Wildman–Crippen LogP) is 3.83. The van der Waals surface area contributed by atoms with Gasteiger partial charge in [-0.25, -0.2) is 4.79 Å². The first-order chi connectivity index (χ1) is 10.2. The van der Waals surface area contributed by atoms with Gasteiger partial charge in [0.1, 0.15) is 0 Å². The molecule has 106 valence electrons. The standard InChI is InChI=1S/C17H15BrN2O/c18-16(12-5-4-10-2-1-3-11(10)8-12)13-6-7-14-15(9-13)20-17(21)19-14/h4-9,16H,1-3H2,(H2,19,20,21). The van der Waals surface area contributed by atoms with E-state index in [2.05, 4.69) is 50.2 Å². The second-order valence-electron chi connectivity index (χ2n) is 5.63. The van der Waals surface area contributed by atoms with E-state index in [4.69, 9.17) is 0 Å². The summed E-state index contributed by atoms with van der Waals surface area (Å²) in [4.78, 5) is 17.1. The molecule has 0 radical (unpaired) electrons. The van der Waals surface area contributed by atoms with Gasteiger partial charge >= 0.3 is 5.69 Å². The van der Waals surface area contributed by atoms with Crippen LogP contribution in [0.3, 0.4) is 0 Å². The number of aryl methyl sites for hydroxylation is 2. The number of halogens is 1. The minimum absolute atomic E-state index is 0.145. The number of alkyl halides is 1. The summed E-state index contributed by atoms with van der Waals surface area (Å²) in [6.07, 6.45) is 3.66.